The first-order valence-electron chi connectivity index (χ1n) is 27.6. The minimum atomic E-state index is -1.98. The number of amides is 6. The monoisotopic (exact) mass is 1230 g/mol. The van der Waals surface area contributed by atoms with Crippen LogP contribution in [0.25, 0.3) is 0 Å². The fraction of sp³-hybridized carbons (Fsp3) is 0.569. The largest absolute Gasteiger partial charge is 0.495 e. The van der Waals surface area contributed by atoms with E-state index in [-0.39, 0.29) is 80.0 Å². The quantitative estimate of drug-likeness (QED) is 0.0356. The molecule has 2 aromatic rings. The van der Waals surface area contributed by atoms with Crippen LogP contribution in [0.1, 0.15) is 129 Å². The van der Waals surface area contributed by atoms with Crippen LogP contribution in [0, 0.1) is 11.7 Å². The third kappa shape index (κ3) is 17.7. The number of ether oxygens (including phenoxy) is 5. The van der Waals surface area contributed by atoms with E-state index in [1.807, 2.05) is 26.8 Å². The summed E-state index contributed by atoms with van der Waals surface area (Å²) in [6.45, 7) is 10.2. The fourth-order valence-electron chi connectivity index (χ4n) is 10.1. The molecule has 0 radical (unpaired) electrons. The number of likely N-dealkylation sites (N-methyl/N-ethyl adjacent to an activating group) is 1. The lowest BCUT2D eigenvalue weighted by Crippen LogP contribution is -2.63. The van der Waals surface area contributed by atoms with Gasteiger partial charge in [-0.15, -0.1) is 5.06 Å². The van der Waals surface area contributed by atoms with Crippen LogP contribution in [0.2, 0.25) is 5.02 Å². The van der Waals surface area contributed by atoms with Crippen LogP contribution in [0.5, 0.6) is 11.5 Å². The van der Waals surface area contributed by atoms with Crippen molar-refractivity contribution in [3.05, 3.63) is 75.6 Å². The Kier molecular flexibility index (Phi) is 23.3. The number of aliphatic hydroxyl groups is 2. The molecule has 7 atom stereocenters. The van der Waals surface area contributed by atoms with Crippen LogP contribution in [0.4, 0.5) is 14.9 Å². The van der Waals surface area contributed by atoms with Crippen LogP contribution in [0.15, 0.2) is 53.2 Å². The number of rotatable bonds is 19. The fourth-order valence-corrected chi connectivity index (χ4v) is 12.9. The summed E-state index contributed by atoms with van der Waals surface area (Å²) in [5.74, 6) is -4.72. The van der Waals surface area contributed by atoms with Crippen molar-refractivity contribution in [3.63, 3.8) is 0 Å². The highest BCUT2D eigenvalue weighted by Crippen LogP contribution is 2.40. The summed E-state index contributed by atoms with van der Waals surface area (Å²) in [5, 5.41) is 31.5. The van der Waals surface area contributed by atoms with Gasteiger partial charge in [0.2, 0.25) is 17.7 Å². The molecule has 0 saturated carbocycles. The minimum Gasteiger partial charge on any atom is -0.495 e. The number of fused-ring (bicyclic) bond motifs is 5. The first-order chi connectivity index (χ1) is 39.5. The van der Waals surface area contributed by atoms with Gasteiger partial charge in [0, 0.05) is 75.4 Å². The Hall–Kier alpha value is -6.25. The van der Waals surface area contributed by atoms with Gasteiger partial charge in [-0.3, -0.25) is 29.3 Å². The first-order valence-corrected chi connectivity index (χ1v) is 30.3. The molecular weight excluding hydrogens is 1160 g/mol. The van der Waals surface area contributed by atoms with Crippen molar-refractivity contribution in [3.8, 4) is 11.5 Å². The number of methoxy groups -OCH3 is 2. The molecule has 84 heavy (non-hydrogen) atoms. The van der Waals surface area contributed by atoms with Crippen molar-refractivity contribution < 1.29 is 81.5 Å². The summed E-state index contributed by atoms with van der Waals surface area (Å²) >= 11 is 6.80. The summed E-state index contributed by atoms with van der Waals surface area (Å²) in [4.78, 5) is 111. The number of hydroxylamine groups is 2. The molecule has 1 aliphatic carbocycles. The van der Waals surface area contributed by atoms with Gasteiger partial charge in [0.05, 0.1) is 43.6 Å². The second-order valence-corrected chi connectivity index (χ2v) is 25.8. The van der Waals surface area contributed by atoms with Gasteiger partial charge in [0.1, 0.15) is 46.7 Å². The Morgan fingerprint density at radius 2 is 1.75 bits per heavy atom. The van der Waals surface area contributed by atoms with Crippen LogP contribution >= 0.6 is 33.2 Å². The number of halogens is 2. The van der Waals surface area contributed by atoms with E-state index in [0.29, 0.717) is 53.5 Å². The molecule has 22 nitrogen and oxygen atoms in total. The Balaban J connectivity index is 1.04. The van der Waals surface area contributed by atoms with Crippen LogP contribution in [-0.2, 0) is 65.5 Å². The van der Waals surface area contributed by atoms with Crippen molar-refractivity contribution in [2.75, 3.05) is 45.6 Å². The average Bonchev–Trinajstić information content (AvgIpc) is 3.84. The molecular formula is C58H76ClFN6O16S2. The molecule has 26 heteroatoms. The first kappa shape index (κ1) is 66.9. The van der Waals surface area contributed by atoms with E-state index in [1.54, 1.807) is 37.3 Å². The van der Waals surface area contributed by atoms with Crippen molar-refractivity contribution in [2.24, 2.45) is 11.0 Å². The lowest BCUT2D eigenvalue weighted by Gasteiger charge is -2.43. The van der Waals surface area contributed by atoms with Gasteiger partial charge in [0.25, 0.3) is 11.8 Å². The molecule has 4 N–H and O–H groups in total. The van der Waals surface area contributed by atoms with E-state index in [2.05, 4.69) is 15.8 Å². The predicted molar refractivity (Wildman–Crippen MR) is 312 cm³/mol. The number of esters is 1. The van der Waals surface area contributed by atoms with E-state index in [4.69, 9.17) is 40.1 Å². The third-order valence-corrected chi connectivity index (χ3v) is 18.5. The van der Waals surface area contributed by atoms with Crippen LogP contribution in [0.3, 0.4) is 0 Å². The molecule has 2 saturated heterocycles. The minimum absolute atomic E-state index is 0.0130. The summed E-state index contributed by atoms with van der Waals surface area (Å²) in [5.41, 5.74) is 1.83. The number of aryl methyl sites for hydroxylation is 1. The van der Waals surface area contributed by atoms with E-state index in [9.17, 15) is 48.6 Å². The van der Waals surface area contributed by atoms with Gasteiger partial charge in [-0.2, -0.15) is 5.10 Å². The van der Waals surface area contributed by atoms with Crippen molar-refractivity contribution in [2.45, 2.75) is 165 Å². The van der Waals surface area contributed by atoms with E-state index >= 15 is 4.39 Å². The maximum absolute atomic E-state index is 15.6. The zero-order chi connectivity index (χ0) is 61.8. The standard InChI is InChI=1S/C58H76ClFN6O16S2/c1-33-14-11-17-44(78-10)58(76)31-43(80-55(74)61-58)34(2)30-57(6,75)45(29-50(71)65(8)41-25-36(24-33)26-42(77-9)53(41)59)81-54(73)35(3)64(7)47(68)21-23-83-84-56(4,5)32-46(67)63-62-40-16-12-15-37-27-38(28-39(60)52(37)40)79-22-13-18-51(72)82-66-48(69)19-20-49(66)70/h11,14,17,25-28,34-35,43-45,75-76H,12-13,15-16,18-24,29-32H2,1-10H3,(H,61,74)(H,63,67)/b17-11+,33-14+,62-40+/t34-,35-,43-,44+,45-,57?,58-/m0/s1. The van der Waals surface area contributed by atoms with Gasteiger partial charge >= 0.3 is 18.0 Å². The van der Waals surface area contributed by atoms with Crippen LogP contribution < -0.4 is 25.1 Å². The molecule has 6 rings (SSSR count). The molecule has 2 fully saturated rings. The second kappa shape index (κ2) is 29.2. The Morgan fingerprint density at radius 1 is 1.04 bits per heavy atom. The molecule has 1 unspecified atom stereocenters. The maximum atomic E-state index is 15.6. The van der Waals surface area contributed by atoms with E-state index in [1.165, 1.54) is 79.6 Å². The number of hydrogen-bond donors (Lipinski definition) is 4. The zero-order valence-corrected chi connectivity index (χ0v) is 51.4. The van der Waals surface area contributed by atoms with Crippen molar-refractivity contribution >= 4 is 92.2 Å². The number of alkyl carbamates (subject to hydrolysis) is 1. The predicted octanol–water partition coefficient (Wildman–Crippen LogP) is 7.20. The molecule has 4 bridgehead atoms. The van der Waals surface area contributed by atoms with Gasteiger partial charge in [0.15, 0.2) is 5.72 Å². The summed E-state index contributed by atoms with van der Waals surface area (Å²) in [7, 11) is 8.48. The highest BCUT2D eigenvalue weighted by Gasteiger charge is 2.49. The number of imide groups is 1. The molecule has 0 spiro atoms. The Labute approximate surface area is 501 Å². The molecule has 6 amide bonds. The summed E-state index contributed by atoms with van der Waals surface area (Å²) < 4.78 is 43.5. The van der Waals surface area contributed by atoms with E-state index < -0.39 is 106 Å². The number of benzene rings is 2. The average molecular weight is 1230 g/mol. The normalized spacial score (nSPS) is 25.1. The highest BCUT2D eigenvalue weighted by atomic mass is 35.5. The SMILES string of the molecule is COc1cc2cc(c1Cl)N(C)C(=O)C[C@H](OC(=O)[C@H](C)N(C)C(=O)CCSSC(C)(C)CC(=O)N/N=C1\CCCc3cc(OCCCC(=O)ON4C(=O)CCC4=O)cc(F)c31)C(C)(O)C[C@H](C)[C@@H]1C[C@@](O)(NC(=O)O1)[C@H](OC)/C=C/C=C(\C)C2. The van der Waals surface area contributed by atoms with E-state index in [0.717, 1.165) is 11.1 Å². The highest BCUT2D eigenvalue weighted by molar-refractivity contribution is 8.77. The van der Waals surface area contributed by atoms with Gasteiger partial charge in [-0.25, -0.2) is 24.2 Å². The maximum Gasteiger partial charge on any atom is 0.409 e. The molecule has 3 heterocycles. The van der Waals surface area contributed by atoms with Crippen molar-refractivity contribution in [1.82, 2.24) is 20.7 Å². The molecule has 3 aliphatic heterocycles. The number of nitrogens with one attached hydrogen (secondary N) is 2. The lowest BCUT2D eigenvalue weighted by atomic mass is 9.81. The summed E-state index contributed by atoms with van der Waals surface area (Å²) in [6.07, 6.45) is 1.76. The topological polar surface area (TPSA) is 279 Å². The van der Waals surface area contributed by atoms with Gasteiger partial charge < -0.3 is 48.5 Å². The number of hydrogen-bond acceptors (Lipinski definition) is 19. The Morgan fingerprint density at radius 3 is 2.44 bits per heavy atom. The molecule has 2 aromatic carbocycles. The van der Waals surface area contributed by atoms with Gasteiger partial charge in [-0.05, 0) is 108 Å². The van der Waals surface area contributed by atoms with Crippen molar-refractivity contribution in [1.29, 1.82) is 0 Å². The molecule has 460 valence electrons. The third-order valence-electron chi connectivity index (χ3n) is 14.9. The second-order valence-electron chi connectivity index (χ2n) is 22.3. The number of nitrogens with zero attached hydrogens (tertiary/aromatic N) is 4. The van der Waals surface area contributed by atoms with Gasteiger partial charge in [-0.1, -0.05) is 63.9 Å². The zero-order valence-electron chi connectivity index (χ0n) is 49.0. The number of carbonyl (C=O) groups is 8. The Bertz CT molecular complexity index is 2910. The molecule has 0 aromatic heterocycles. The number of allylic oxidation sites excluding steroid dienone is 3. The molecule has 4 aliphatic rings. The number of anilines is 1. The summed E-state index contributed by atoms with van der Waals surface area (Å²) in [6, 6.07) is 5.16. The smallest absolute Gasteiger partial charge is 0.409 e. The number of carbonyl (C=O) groups excluding carboxylic acids is 8. The number of hydrazone groups is 1. The lowest BCUT2D eigenvalue weighted by molar-refractivity contribution is -0.197. The van der Waals surface area contributed by atoms with Crippen LogP contribution in [-0.4, -0.2) is 155 Å².